The van der Waals surface area contributed by atoms with Gasteiger partial charge in [0.05, 0.1) is 6.54 Å². The van der Waals surface area contributed by atoms with Gasteiger partial charge in [0.2, 0.25) is 6.08 Å². The third kappa shape index (κ3) is 5.06. The van der Waals surface area contributed by atoms with E-state index in [0.717, 1.165) is 19.3 Å². The molecule has 0 spiro atoms. The van der Waals surface area contributed by atoms with Crippen molar-refractivity contribution < 1.29 is 19.1 Å². The molecule has 2 aliphatic rings. The van der Waals surface area contributed by atoms with Crippen LogP contribution in [0, 0.1) is 10.8 Å². The van der Waals surface area contributed by atoms with Crippen molar-refractivity contribution in [2.75, 3.05) is 33.9 Å². The molecule has 0 radical (unpaired) electrons. The summed E-state index contributed by atoms with van der Waals surface area (Å²) in [6.07, 6.45) is 5.70. The van der Waals surface area contributed by atoms with Gasteiger partial charge in [-0.15, -0.1) is 0 Å². The fraction of sp³-hybridized carbons (Fsp3) is 0.895. The zero-order chi connectivity index (χ0) is 19.4. The number of hydrogen-bond acceptors (Lipinski definition) is 5. The monoisotopic (exact) mass is 367 g/mol. The summed E-state index contributed by atoms with van der Waals surface area (Å²) in [5, 5.41) is 3.20. The van der Waals surface area contributed by atoms with Crippen LogP contribution in [0.3, 0.4) is 0 Å². The van der Waals surface area contributed by atoms with Crippen LogP contribution in [-0.4, -0.2) is 62.7 Å². The number of likely N-dealkylation sites (tertiary alicyclic amines) is 1. The Kier molecular flexibility index (Phi) is 6.48. The summed E-state index contributed by atoms with van der Waals surface area (Å²) in [5.41, 5.74) is -0.00718. The highest BCUT2D eigenvalue weighted by Crippen LogP contribution is 2.46. The van der Waals surface area contributed by atoms with E-state index in [1.807, 2.05) is 4.90 Å². The maximum atomic E-state index is 12.7. The summed E-state index contributed by atoms with van der Waals surface area (Å²) in [4.78, 5) is 28.9. The lowest BCUT2D eigenvalue weighted by Crippen LogP contribution is -2.55. The van der Waals surface area contributed by atoms with Crippen LogP contribution >= 0.6 is 0 Å². The molecular weight excluding hydrogens is 334 g/mol. The fourth-order valence-electron chi connectivity index (χ4n) is 4.89. The number of nitrogens with one attached hydrogen (secondary N) is 1. The molecule has 1 saturated carbocycles. The minimum atomic E-state index is -0.574. The van der Waals surface area contributed by atoms with Crippen LogP contribution in [-0.2, 0) is 14.3 Å². The number of ether oxygens (including phenoxy) is 2. The molecule has 2 atom stereocenters. The molecule has 7 heteroatoms. The second-order valence-corrected chi connectivity index (χ2v) is 8.92. The second-order valence-electron chi connectivity index (χ2n) is 8.92. The molecule has 148 valence electrons. The number of urea groups is 1. The van der Waals surface area contributed by atoms with Crippen LogP contribution in [0.1, 0.15) is 52.9 Å². The summed E-state index contributed by atoms with van der Waals surface area (Å²) in [6, 6.07) is 0.0457. The van der Waals surface area contributed by atoms with Crippen molar-refractivity contribution in [1.29, 1.82) is 0 Å². The summed E-state index contributed by atoms with van der Waals surface area (Å²) in [5.74, 6) is -0.574. The number of isocyanates is 1. The van der Waals surface area contributed by atoms with E-state index in [0.29, 0.717) is 32.5 Å². The molecule has 2 unspecified atom stereocenters. The van der Waals surface area contributed by atoms with E-state index in [-0.39, 0.29) is 22.9 Å². The van der Waals surface area contributed by atoms with Crippen molar-refractivity contribution in [2.45, 2.75) is 64.7 Å². The van der Waals surface area contributed by atoms with Crippen LogP contribution in [0.2, 0.25) is 0 Å². The van der Waals surface area contributed by atoms with Gasteiger partial charge < -0.3 is 19.7 Å². The Morgan fingerprint density at radius 2 is 1.81 bits per heavy atom. The van der Waals surface area contributed by atoms with E-state index in [1.165, 1.54) is 0 Å². The molecule has 0 aromatic heterocycles. The van der Waals surface area contributed by atoms with Gasteiger partial charge in [-0.2, -0.15) is 0 Å². The summed E-state index contributed by atoms with van der Waals surface area (Å²) in [7, 11) is 3.29. The zero-order valence-corrected chi connectivity index (χ0v) is 16.8. The smallest absolute Gasteiger partial charge is 0.317 e. The van der Waals surface area contributed by atoms with Crippen molar-refractivity contribution in [2.24, 2.45) is 15.8 Å². The predicted octanol–water partition coefficient (Wildman–Crippen LogP) is 2.70. The average molecular weight is 367 g/mol. The Labute approximate surface area is 156 Å². The van der Waals surface area contributed by atoms with Gasteiger partial charge >= 0.3 is 6.03 Å². The van der Waals surface area contributed by atoms with Gasteiger partial charge in [0.15, 0.2) is 5.79 Å². The first-order chi connectivity index (χ1) is 12.2. The average Bonchev–Trinajstić information content (AvgIpc) is 2.58. The molecule has 0 aromatic carbocycles. The van der Waals surface area contributed by atoms with Crippen molar-refractivity contribution >= 4 is 12.1 Å². The molecular formula is C19H33N3O4. The van der Waals surface area contributed by atoms with Gasteiger partial charge in [-0.05, 0) is 30.1 Å². The largest absolute Gasteiger partial charge is 0.353 e. The lowest BCUT2D eigenvalue weighted by Gasteiger charge is -2.46. The van der Waals surface area contributed by atoms with E-state index < -0.39 is 5.79 Å². The van der Waals surface area contributed by atoms with Crippen LogP contribution in [0.15, 0.2) is 4.99 Å². The van der Waals surface area contributed by atoms with Crippen LogP contribution in [0.25, 0.3) is 0 Å². The SMILES string of the molecule is COC1(OC)CCN(C(=O)NC2CC(C)(C)CC(C)(CN=C=O)C2)CC1. The standard InChI is InChI=1S/C19H33N3O4/c1-17(2)10-15(11-18(3,12-17)13-20-14-23)21-16(24)22-8-6-19(25-4,26-5)7-9-22/h15H,6-13H2,1-5H3,(H,21,24). The molecule has 26 heavy (non-hydrogen) atoms. The quantitative estimate of drug-likeness (QED) is 0.460. The fourth-order valence-corrected chi connectivity index (χ4v) is 4.89. The molecule has 0 aromatic rings. The number of aliphatic imine (C=N–C) groups is 1. The first-order valence-corrected chi connectivity index (χ1v) is 9.36. The minimum absolute atomic E-state index is 0.0326. The van der Waals surface area contributed by atoms with Gasteiger partial charge in [0.1, 0.15) is 0 Å². The molecule has 2 fully saturated rings. The van der Waals surface area contributed by atoms with Gasteiger partial charge in [0.25, 0.3) is 0 Å². The molecule has 1 heterocycles. The predicted molar refractivity (Wildman–Crippen MR) is 98.6 cm³/mol. The maximum absolute atomic E-state index is 12.7. The Hall–Kier alpha value is -1.43. The minimum Gasteiger partial charge on any atom is -0.353 e. The van der Waals surface area contributed by atoms with E-state index in [4.69, 9.17) is 9.47 Å². The molecule has 1 saturated heterocycles. The Bertz CT molecular complexity index is 545. The Balaban J connectivity index is 1.96. The molecule has 2 rings (SSSR count). The maximum Gasteiger partial charge on any atom is 0.317 e. The molecule has 1 aliphatic heterocycles. The number of hydrogen-bond donors (Lipinski definition) is 1. The first kappa shape index (κ1) is 20.9. The number of amides is 2. The molecule has 7 nitrogen and oxygen atoms in total. The van der Waals surface area contributed by atoms with Gasteiger partial charge in [0, 0.05) is 46.2 Å². The third-order valence-corrected chi connectivity index (χ3v) is 5.85. The topological polar surface area (TPSA) is 80.2 Å². The Morgan fingerprint density at radius 1 is 1.19 bits per heavy atom. The number of nitrogens with zero attached hydrogens (tertiary/aromatic N) is 2. The number of rotatable bonds is 5. The first-order valence-electron chi connectivity index (χ1n) is 9.36. The van der Waals surface area contributed by atoms with E-state index >= 15 is 0 Å². The zero-order valence-electron chi connectivity index (χ0n) is 16.8. The second kappa shape index (κ2) is 8.07. The van der Waals surface area contributed by atoms with Crippen LogP contribution < -0.4 is 5.32 Å². The summed E-state index contributed by atoms with van der Waals surface area (Å²) in [6.45, 7) is 8.23. The lowest BCUT2D eigenvalue weighted by molar-refractivity contribution is -0.226. The molecule has 2 amide bonds. The normalized spacial score (nSPS) is 30.3. The van der Waals surface area contributed by atoms with E-state index in [1.54, 1.807) is 20.3 Å². The molecule has 1 N–H and O–H groups in total. The highest BCUT2D eigenvalue weighted by molar-refractivity contribution is 5.74. The van der Waals surface area contributed by atoms with Crippen LogP contribution in [0.5, 0.6) is 0 Å². The van der Waals surface area contributed by atoms with Crippen molar-refractivity contribution in [3.63, 3.8) is 0 Å². The third-order valence-electron chi connectivity index (χ3n) is 5.85. The number of carbonyl (C=O) groups is 1. The molecule has 1 aliphatic carbocycles. The van der Waals surface area contributed by atoms with Crippen molar-refractivity contribution in [3.05, 3.63) is 0 Å². The van der Waals surface area contributed by atoms with E-state index in [2.05, 4.69) is 31.1 Å². The lowest BCUT2D eigenvalue weighted by atomic mass is 9.62. The van der Waals surface area contributed by atoms with Gasteiger partial charge in [-0.3, -0.25) is 0 Å². The van der Waals surface area contributed by atoms with E-state index in [9.17, 15) is 9.59 Å². The van der Waals surface area contributed by atoms with Gasteiger partial charge in [-0.25, -0.2) is 14.6 Å². The molecule has 0 bridgehead atoms. The highest BCUT2D eigenvalue weighted by atomic mass is 16.7. The van der Waals surface area contributed by atoms with Gasteiger partial charge in [-0.1, -0.05) is 20.8 Å². The number of carbonyl (C=O) groups excluding carboxylic acids is 2. The van der Waals surface area contributed by atoms with Crippen LogP contribution in [0.4, 0.5) is 4.79 Å². The van der Waals surface area contributed by atoms with Crippen molar-refractivity contribution in [3.8, 4) is 0 Å². The number of methoxy groups -OCH3 is 2. The Morgan fingerprint density at radius 3 is 2.35 bits per heavy atom. The number of piperidine rings is 1. The summed E-state index contributed by atoms with van der Waals surface area (Å²) >= 11 is 0. The van der Waals surface area contributed by atoms with Crippen molar-refractivity contribution in [1.82, 2.24) is 10.2 Å². The highest BCUT2D eigenvalue weighted by Gasteiger charge is 2.42. The summed E-state index contributed by atoms with van der Waals surface area (Å²) < 4.78 is 11.0.